The molecule has 2 rings (SSSR count). The second-order valence-electron chi connectivity index (χ2n) is 3.80. The Balaban J connectivity index is 2.28. The number of aliphatic hydroxyl groups is 1. The minimum absolute atomic E-state index is 0.143. The van der Waals surface area contributed by atoms with Gasteiger partial charge in [0.25, 0.3) is 5.69 Å². The summed E-state index contributed by atoms with van der Waals surface area (Å²) in [7, 11) is 0. The lowest BCUT2D eigenvalue weighted by Gasteiger charge is -2.20. The average molecular weight is 209 g/mol. The number of aliphatic hydroxyl groups excluding tert-OH is 1. The van der Waals surface area contributed by atoms with E-state index in [0.717, 1.165) is 17.5 Å². The molecule has 1 atom stereocenters. The van der Waals surface area contributed by atoms with Crippen molar-refractivity contribution in [2.24, 2.45) is 0 Å². The maximum atomic E-state index is 10.6. The largest absolute Gasteiger partial charge is 0.390 e. The van der Waals surface area contributed by atoms with Gasteiger partial charge in [0.2, 0.25) is 0 Å². The van der Waals surface area contributed by atoms with Crippen LogP contribution in [0.2, 0.25) is 0 Å². The molecule has 15 heavy (non-hydrogen) atoms. The maximum Gasteiger partial charge on any atom is 0.269 e. The predicted molar refractivity (Wildman–Crippen MR) is 53.3 cm³/mol. The van der Waals surface area contributed by atoms with Crippen LogP contribution in [-0.2, 0) is 13.0 Å². The van der Waals surface area contributed by atoms with E-state index in [1.54, 1.807) is 12.1 Å². The van der Waals surface area contributed by atoms with Crippen molar-refractivity contribution in [3.8, 4) is 0 Å². The first-order valence-electron chi connectivity index (χ1n) is 4.91. The Morgan fingerprint density at radius 3 is 3.00 bits per heavy atom. The number of hydrogen-bond acceptors (Lipinski definition) is 3. The second-order valence-corrected chi connectivity index (χ2v) is 3.80. The van der Waals surface area contributed by atoms with Crippen molar-refractivity contribution >= 4 is 5.69 Å². The molecule has 0 unspecified atom stereocenters. The highest BCUT2D eigenvalue weighted by Crippen LogP contribution is 2.19. The molecule has 80 valence electrons. The van der Waals surface area contributed by atoms with Crippen LogP contribution in [0.5, 0.6) is 0 Å². The topological polar surface area (TPSA) is 80.0 Å². The summed E-state index contributed by atoms with van der Waals surface area (Å²) in [5.41, 5.74) is 2.26. The predicted octanol–water partition coefficient (Wildman–Crippen LogP) is -0.425. The molecular formula is C10H13N2O3+. The zero-order valence-electron chi connectivity index (χ0n) is 8.22. The van der Waals surface area contributed by atoms with E-state index in [0.29, 0.717) is 6.54 Å². The number of non-ortho nitro benzene ring substituents is 1. The summed E-state index contributed by atoms with van der Waals surface area (Å²) in [4.78, 5) is 10.2. The molecule has 5 heteroatoms. The summed E-state index contributed by atoms with van der Waals surface area (Å²) in [6.07, 6.45) is 0.782. The molecule has 5 nitrogen and oxygen atoms in total. The monoisotopic (exact) mass is 209 g/mol. The molecule has 1 aliphatic heterocycles. The molecular weight excluding hydrogens is 196 g/mol. The van der Waals surface area contributed by atoms with E-state index in [1.807, 2.05) is 5.32 Å². The molecule has 0 aromatic heterocycles. The molecule has 0 fully saturated rings. The Morgan fingerprint density at radius 2 is 2.33 bits per heavy atom. The lowest BCUT2D eigenvalue weighted by molar-refractivity contribution is -0.709. The van der Waals surface area contributed by atoms with Crippen LogP contribution in [0.25, 0.3) is 0 Å². The first-order chi connectivity index (χ1) is 7.20. The van der Waals surface area contributed by atoms with Gasteiger partial charge in [-0.1, -0.05) is 6.07 Å². The standard InChI is InChI=1S/C10H12N2O3/c13-6-9-3-7-1-2-10(12(14)15)4-8(7)5-11-9/h1-2,4,9,11,13H,3,5-6H2/p+1/t9-/m0/s1. The number of hydrogen-bond donors (Lipinski definition) is 2. The van der Waals surface area contributed by atoms with Crippen molar-refractivity contribution in [3.05, 3.63) is 39.4 Å². The molecule has 0 radical (unpaired) electrons. The van der Waals surface area contributed by atoms with Crippen molar-refractivity contribution in [2.75, 3.05) is 6.61 Å². The summed E-state index contributed by atoms with van der Waals surface area (Å²) in [5, 5.41) is 21.6. The first-order valence-corrected chi connectivity index (χ1v) is 4.91. The molecule has 1 aromatic carbocycles. The number of benzene rings is 1. The summed E-state index contributed by atoms with van der Waals surface area (Å²) < 4.78 is 0. The van der Waals surface area contributed by atoms with Crippen LogP contribution in [0.1, 0.15) is 11.1 Å². The summed E-state index contributed by atoms with van der Waals surface area (Å²) >= 11 is 0. The summed E-state index contributed by atoms with van der Waals surface area (Å²) in [6.45, 7) is 0.860. The van der Waals surface area contributed by atoms with Crippen molar-refractivity contribution < 1.29 is 15.3 Å². The quantitative estimate of drug-likeness (QED) is 0.512. The summed E-state index contributed by atoms with van der Waals surface area (Å²) in [6, 6.07) is 5.14. The van der Waals surface area contributed by atoms with E-state index in [4.69, 9.17) is 5.11 Å². The number of nitrogens with zero attached hydrogens (tertiary/aromatic N) is 1. The third-order valence-electron chi connectivity index (χ3n) is 2.79. The average Bonchev–Trinajstić information content (AvgIpc) is 2.27. The van der Waals surface area contributed by atoms with E-state index in [9.17, 15) is 10.1 Å². The zero-order chi connectivity index (χ0) is 10.8. The fourth-order valence-electron chi connectivity index (χ4n) is 1.91. The van der Waals surface area contributed by atoms with Crippen LogP contribution < -0.4 is 5.32 Å². The van der Waals surface area contributed by atoms with Gasteiger partial charge in [-0.25, -0.2) is 0 Å². The fourth-order valence-corrected chi connectivity index (χ4v) is 1.91. The van der Waals surface area contributed by atoms with E-state index < -0.39 is 0 Å². The van der Waals surface area contributed by atoms with Crippen molar-refractivity contribution in [1.82, 2.24) is 0 Å². The van der Waals surface area contributed by atoms with Crippen LogP contribution in [0.4, 0.5) is 5.69 Å². The number of nitrogens with two attached hydrogens (primary N) is 1. The fraction of sp³-hybridized carbons (Fsp3) is 0.400. The van der Waals surface area contributed by atoms with Gasteiger partial charge >= 0.3 is 0 Å². The SMILES string of the molecule is O=[N+]([O-])c1ccc2c(c1)C[NH2+][C@H](CO)C2. The van der Waals surface area contributed by atoms with Gasteiger partial charge in [0.15, 0.2) is 0 Å². The zero-order valence-corrected chi connectivity index (χ0v) is 8.22. The van der Waals surface area contributed by atoms with Gasteiger partial charge in [0, 0.05) is 24.1 Å². The van der Waals surface area contributed by atoms with Gasteiger partial charge in [0.05, 0.1) is 11.5 Å². The van der Waals surface area contributed by atoms with Crippen molar-refractivity contribution in [1.29, 1.82) is 0 Å². The molecule has 1 aliphatic rings. The molecule has 0 bridgehead atoms. The minimum Gasteiger partial charge on any atom is -0.390 e. The Bertz CT molecular complexity index is 392. The second kappa shape index (κ2) is 3.96. The highest BCUT2D eigenvalue weighted by atomic mass is 16.6. The van der Waals surface area contributed by atoms with Crippen LogP contribution in [0.15, 0.2) is 18.2 Å². The Morgan fingerprint density at radius 1 is 1.53 bits per heavy atom. The van der Waals surface area contributed by atoms with Gasteiger partial charge in [-0.3, -0.25) is 10.1 Å². The number of quaternary nitrogens is 1. The van der Waals surface area contributed by atoms with Gasteiger partial charge in [0.1, 0.15) is 12.6 Å². The maximum absolute atomic E-state index is 10.6. The van der Waals surface area contributed by atoms with Crippen LogP contribution in [0, 0.1) is 10.1 Å². The van der Waals surface area contributed by atoms with E-state index in [1.165, 1.54) is 6.07 Å². The number of rotatable bonds is 2. The Kier molecular flexibility index (Phi) is 2.66. The molecule has 1 aromatic rings. The first kappa shape index (κ1) is 10.1. The highest BCUT2D eigenvalue weighted by Gasteiger charge is 2.22. The molecule has 0 spiro atoms. The van der Waals surface area contributed by atoms with Crippen LogP contribution in [0.3, 0.4) is 0 Å². The Labute approximate surface area is 86.9 Å². The van der Waals surface area contributed by atoms with Crippen molar-refractivity contribution in [3.63, 3.8) is 0 Å². The van der Waals surface area contributed by atoms with Gasteiger partial charge in [-0.15, -0.1) is 0 Å². The third kappa shape index (κ3) is 1.98. The van der Waals surface area contributed by atoms with Gasteiger partial charge in [-0.05, 0) is 5.56 Å². The summed E-state index contributed by atoms with van der Waals surface area (Å²) in [5.74, 6) is 0. The van der Waals surface area contributed by atoms with Crippen LogP contribution >= 0.6 is 0 Å². The minimum atomic E-state index is -0.377. The third-order valence-corrected chi connectivity index (χ3v) is 2.79. The van der Waals surface area contributed by atoms with Crippen LogP contribution in [-0.4, -0.2) is 22.7 Å². The highest BCUT2D eigenvalue weighted by molar-refractivity contribution is 5.40. The van der Waals surface area contributed by atoms with Gasteiger partial charge in [-0.2, -0.15) is 0 Å². The number of nitro benzene ring substituents is 1. The van der Waals surface area contributed by atoms with Gasteiger partial charge < -0.3 is 10.4 Å². The molecule has 0 amide bonds. The molecule has 3 N–H and O–H groups in total. The van der Waals surface area contributed by atoms with E-state index in [2.05, 4.69) is 0 Å². The normalized spacial score (nSPS) is 19.7. The molecule has 0 aliphatic carbocycles. The van der Waals surface area contributed by atoms with Crippen molar-refractivity contribution in [2.45, 2.75) is 19.0 Å². The lowest BCUT2D eigenvalue weighted by atomic mass is 9.96. The smallest absolute Gasteiger partial charge is 0.269 e. The van der Waals surface area contributed by atoms with E-state index in [-0.39, 0.29) is 23.3 Å². The van der Waals surface area contributed by atoms with E-state index >= 15 is 0 Å². The number of nitro groups is 1. The molecule has 0 saturated carbocycles. The molecule has 1 heterocycles. The Hall–Kier alpha value is -1.46. The lowest BCUT2D eigenvalue weighted by Crippen LogP contribution is -2.91. The molecule has 0 saturated heterocycles. The number of fused-ring (bicyclic) bond motifs is 1.